The standard InChI is InChI=1S/C18H18N6O/c1-24-10-20-9-17(24)16-7-13(8-21-23-18(19)25)14-5-11-3-2-4-12(11)6-15(14)22-16/h5-10H,2-4H2,1H3,(H3,19,23,25)/b21-8+. The van der Waals surface area contributed by atoms with Crippen LogP contribution in [0, 0.1) is 0 Å². The minimum Gasteiger partial charge on any atom is -0.350 e. The molecule has 0 radical (unpaired) electrons. The molecule has 7 nitrogen and oxygen atoms in total. The molecule has 1 aromatic carbocycles. The topological polar surface area (TPSA) is 98.2 Å². The second kappa shape index (κ2) is 6.01. The number of hydrogen-bond acceptors (Lipinski definition) is 4. The van der Waals surface area contributed by atoms with Gasteiger partial charge in [0.2, 0.25) is 0 Å². The molecule has 25 heavy (non-hydrogen) atoms. The Morgan fingerprint density at radius 3 is 2.84 bits per heavy atom. The molecular weight excluding hydrogens is 316 g/mol. The van der Waals surface area contributed by atoms with Gasteiger partial charge >= 0.3 is 6.03 Å². The first kappa shape index (κ1) is 15.3. The number of primary amides is 1. The lowest BCUT2D eigenvalue weighted by Gasteiger charge is -2.10. The van der Waals surface area contributed by atoms with Crippen molar-refractivity contribution in [3.8, 4) is 11.4 Å². The number of rotatable bonds is 3. The number of hydrazone groups is 1. The molecule has 0 atom stereocenters. The van der Waals surface area contributed by atoms with Crippen molar-refractivity contribution in [2.75, 3.05) is 0 Å². The number of carbonyl (C=O) groups is 1. The summed E-state index contributed by atoms with van der Waals surface area (Å²) in [5.41, 5.74) is 13.6. The van der Waals surface area contributed by atoms with E-state index in [0.717, 1.165) is 40.7 Å². The predicted molar refractivity (Wildman–Crippen MR) is 96.3 cm³/mol. The van der Waals surface area contributed by atoms with Gasteiger partial charge in [-0.25, -0.2) is 20.2 Å². The second-order valence-electron chi connectivity index (χ2n) is 6.21. The normalized spacial score (nSPS) is 13.5. The summed E-state index contributed by atoms with van der Waals surface area (Å²) in [4.78, 5) is 19.9. The number of imidazole rings is 1. The molecule has 3 N–H and O–H groups in total. The highest BCUT2D eigenvalue weighted by Gasteiger charge is 2.15. The van der Waals surface area contributed by atoms with Crippen LogP contribution in [0.4, 0.5) is 4.79 Å². The maximum atomic E-state index is 10.9. The van der Waals surface area contributed by atoms with Gasteiger partial charge in [-0.15, -0.1) is 0 Å². The van der Waals surface area contributed by atoms with Crippen molar-refractivity contribution < 1.29 is 4.79 Å². The van der Waals surface area contributed by atoms with Crippen molar-refractivity contribution in [3.05, 3.63) is 47.4 Å². The number of amides is 2. The summed E-state index contributed by atoms with van der Waals surface area (Å²) in [6.07, 6.45) is 8.49. The Morgan fingerprint density at radius 1 is 1.32 bits per heavy atom. The number of carbonyl (C=O) groups excluding carboxylic acids is 1. The summed E-state index contributed by atoms with van der Waals surface area (Å²) in [6, 6.07) is 5.61. The average molecular weight is 334 g/mol. The number of fused-ring (bicyclic) bond motifs is 2. The van der Waals surface area contributed by atoms with Gasteiger partial charge in [0.15, 0.2) is 0 Å². The van der Waals surface area contributed by atoms with Crippen molar-refractivity contribution in [2.24, 2.45) is 17.9 Å². The third kappa shape index (κ3) is 2.84. The number of hydrogen-bond donors (Lipinski definition) is 2. The number of nitrogens with one attached hydrogen (secondary N) is 1. The third-order valence-electron chi connectivity index (χ3n) is 4.51. The summed E-state index contributed by atoms with van der Waals surface area (Å²) >= 11 is 0. The zero-order valence-electron chi connectivity index (χ0n) is 13.9. The highest BCUT2D eigenvalue weighted by molar-refractivity contribution is 6.00. The van der Waals surface area contributed by atoms with Crippen LogP contribution in [-0.4, -0.2) is 26.8 Å². The fourth-order valence-corrected chi connectivity index (χ4v) is 3.33. The van der Waals surface area contributed by atoms with E-state index in [0.29, 0.717) is 0 Å². The van der Waals surface area contributed by atoms with Crippen molar-refractivity contribution in [1.29, 1.82) is 0 Å². The van der Waals surface area contributed by atoms with Gasteiger partial charge in [-0.3, -0.25) is 0 Å². The molecule has 0 bridgehead atoms. The van der Waals surface area contributed by atoms with Crippen LogP contribution < -0.4 is 11.2 Å². The Labute approximate surface area is 144 Å². The van der Waals surface area contributed by atoms with Gasteiger partial charge in [0.1, 0.15) is 0 Å². The monoisotopic (exact) mass is 334 g/mol. The second-order valence-corrected chi connectivity index (χ2v) is 6.21. The Kier molecular flexibility index (Phi) is 3.68. The van der Waals surface area contributed by atoms with Crippen LogP contribution >= 0.6 is 0 Å². The summed E-state index contributed by atoms with van der Waals surface area (Å²) in [5.74, 6) is 0. The Hall–Kier alpha value is -3.22. The SMILES string of the molecule is Cn1cncc1-c1cc(/C=N/NC(N)=O)c2cc3c(cc2n1)CCC3. The first-order chi connectivity index (χ1) is 12.1. The number of aryl methyl sites for hydroxylation is 3. The molecule has 2 aromatic heterocycles. The third-order valence-corrected chi connectivity index (χ3v) is 4.51. The van der Waals surface area contributed by atoms with Crippen LogP contribution in [0.2, 0.25) is 0 Å². The Balaban J connectivity index is 1.90. The van der Waals surface area contributed by atoms with Gasteiger partial charge in [0.25, 0.3) is 0 Å². The molecule has 0 aliphatic heterocycles. The Bertz CT molecular complexity index is 1000. The molecule has 2 amide bonds. The maximum absolute atomic E-state index is 10.9. The highest BCUT2D eigenvalue weighted by Crippen LogP contribution is 2.30. The molecule has 0 unspecified atom stereocenters. The highest BCUT2D eigenvalue weighted by atomic mass is 16.2. The molecule has 0 saturated carbocycles. The molecule has 7 heteroatoms. The molecule has 1 aliphatic rings. The van der Waals surface area contributed by atoms with Crippen molar-refractivity contribution in [2.45, 2.75) is 19.3 Å². The number of nitrogens with zero attached hydrogens (tertiary/aromatic N) is 4. The number of pyridine rings is 1. The van der Waals surface area contributed by atoms with Crippen LogP contribution in [0.15, 0.2) is 35.8 Å². The van der Waals surface area contributed by atoms with Gasteiger partial charge < -0.3 is 10.3 Å². The van der Waals surface area contributed by atoms with Crippen molar-refractivity contribution in [1.82, 2.24) is 20.0 Å². The van der Waals surface area contributed by atoms with Crippen molar-refractivity contribution >= 4 is 23.1 Å². The zero-order valence-corrected chi connectivity index (χ0v) is 13.9. The van der Waals surface area contributed by atoms with Crippen LogP contribution in [-0.2, 0) is 19.9 Å². The molecule has 2 heterocycles. The fourth-order valence-electron chi connectivity index (χ4n) is 3.33. The van der Waals surface area contributed by atoms with E-state index < -0.39 is 6.03 Å². The number of urea groups is 1. The lowest BCUT2D eigenvalue weighted by atomic mass is 10.0. The average Bonchev–Trinajstić information content (AvgIpc) is 3.20. The largest absolute Gasteiger partial charge is 0.350 e. The van der Waals surface area contributed by atoms with Gasteiger partial charge in [-0.1, -0.05) is 0 Å². The minimum absolute atomic E-state index is 0.692. The smallest absolute Gasteiger partial charge is 0.332 e. The summed E-state index contributed by atoms with van der Waals surface area (Å²) in [6.45, 7) is 0. The lowest BCUT2D eigenvalue weighted by molar-refractivity contribution is 0.249. The van der Waals surface area contributed by atoms with E-state index in [-0.39, 0.29) is 0 Å². The van der Waals surface area contributed by atoms with E-state index in [1.807, 2.05) is 17.7 Å². The molecule has 0 spiro atoms. The first-order valence-electron chi connectivity index (χ1n) is 8.13. The minimum atomic E-state index is -0.692. The van der Waals surface area contributed by atoms with Gasteiger partial charge in [0, 0.05) is 18.0 Å². The van der Waals surface area contributed by atoms with E-state index in [9.17, 15) is 4.79 Å². The van der Waals surface area contributed by atoms with Crippen LogP contribution in [0.3, 0.4) is 0 Å². The fraction of sp³-hybridized carbons (Fsp3) is 0.222. The van der Waals surface area contributed by atoms with Crippen LogP contribution in [0.25, 0.3) is 22.3 Å². The van der Waals surface area contributed by atoms with Crippen LogP contribution in [0.5, 0.6) is 0 Å². The lowest BCUT2D eigenvalue weighted by Crippen LogP contribution is -2.24. The summed E-state index contributed by atoms with van der Waals surface area (Å²) in [7, 11) is 1.93. The molecule has 0 saturated heterocycles. The van der Waals surface area contributed by atoms with E-state index >= 15 is 0 Å². The number of aromatic nitrogens is 3. The number of nitrogens with two attached hydrogens (primary N) is 1. The molecule has 0 fully saturated rings. The zero-order chi connectivity index (χ0) is 17.4. The predicted octanol–water partition coefficient (Wildman–Crippen LogP) is 2.13. The van der Waals surface area contributed by atoms with Crippen LogP contribution in [0.1, 0.15) is 23.1 Å². The molecule has 3 aromatic rings. The quantitative estimate of drug-likeness (QED) is 0.567. The van der Waals surface area contributed by atoms with E-state index in [4.69, 9.17) is 10.7 Å². The maximum Gasteiger partial charge on any atom is 0.332 e. The van der Waals surface area contributed by atoms with Gasteiger partial charge in [-0.05, 0) is 48.6 Å². The molecule has 126 valence electrons. The first-order valence-corrected chi connectivity index (χ1v) is 8.13. The Morgan fingerprint density at radius 2 is 2.12 bits per heavy atom. The number of benzene rings is 1. The van der Waals surface area contributed by atoms with E-state index in [1.54, 1.807) is 18.7 Å². The van der Waals surface area contributed by atoms with Crippen molar-refractivity contribution in [3.63, 3.8) is 0 Å². The summed E-state index contributed by atoms with van der Waals surface area (Å²) < 4.78 is 1.92. The van der Waals surface area contributed by atoms with Gasteiger partial charge in [-0.2, -0.15) is 5.10 Å². The molecular formula is C18H18N6O. The molecule has 1 aliphatic carbocycles. The van der Waals surface area contributed by atoms with E-state index in [2.05, 4.69) is 27.6 Å². The molecule has 4 rings (SSSR count). The van der Waals surface area contributed by atoms with Gasteiger partial charge in [0.05, 0.1) is 35.6 Å². The summed E-state index contributed by atoms with van der Waals surface area (Å²) in [5, 5.41) is 4.95. The van der Waals surface area contributed by atoms with E-state index in [1.165, 1.54) is 17.5 Å².